The normalized spacial score (nSPS) is 11.1. The quantitative estimate of drug-likeness (QED) is 0.768. The molecule has 5 nitrogen and oxygen atoms in total. The molecule has 0 saturated carbocycles. The van der Waals surface area contributed by atoms with Crippen LogP contribution in [0.2, 0.25) is 5.02 Å². The number of nitriles is 1. The summed E-state index contributed by atoms with van der Waals surface area (Å²) < 4.78 is 26.5. The number of rotatable bonds is 4. The summed E-state index contributed by atoms with van der Waals surface area (Å²) in [6.07, 6.45) is 0. The summed E-state index contributed by atoms with van der Waals surface area (Å²) in [4.78, 5) is 24.7. The minimum atomic E-state index is -3.90. The molecule has 1 heterocycles. The summed E-state index contributed by atoms with van der Waals surface area (Å²) in [5, 5.41) is 14.5. The first-order valence-electron chi connectivity index (χ1n) is 6.09. The molecule has 0 fully saturated rings. The number of halogens is 4. The number of hydrogen-bond acceptors (Lipinski definition) is 4. The molecule has 0 saturated heterocycles. The van der Waals surface area contributed by atoms with Crippen LogP contribution in [-0.4, -0.2) is 16.1 Å². The molecule has 1 aromatic carbocycles. The Balaban J connectivity index is 2.70. The van der Waals surface area contributed by atoms with E-state index in [1.165, 1.54) is 18.2 Å². The van der Waals surface area contributed by atoms with Gasteiger partial charge in [0.2, 0.25) is 0 Å². The molecule has 2 rings (SSSR count). The van der Waals surface area contributed by atoms with Gasteiger partial charge in [0.1, 0.15) is 17.3 Å². The summed E-state index contributed by atoms with van der Waals surface area (Å²) in [5.74, 6) is -1.62. The molecule has 10 heteroatoms. The van der Waals surface area contributed by atoms with E-state index in [4.69, 9.17) is 33.6 Å². The number of pyridine rings is 1. The zero-order valence-electron chi connectivity index (χ0n) is 11.4. The minimum Gasteiger partial charge on any atom is -0.477 e. The number of nitrogens with zero attached hydrogens (tertiary/aromatic N) is 1. The van der Waals surface area contributed by atoms with E-state index >= 15 is 0 Å². The molecule has 0 aliphatic heterocycles. The molecule has 0 aliphatic carbocycles. The third-order valence-corrected chi connectivity index (χ3v) is 4.63. The van der Waals surface area contributed by atoms with Crippen molar-refractivity contribution in [3.63, 3.8) is 0 Å². The predicted molar refractivity (Wildman–Crippen MR) is 84.1 cm³/mol. The third-order valence-electron chi connectivity index (χ3n) is 2.82. The van der Waals surface area contributed by atoms with E-state index in [1.807, 2.05) is 6.07 Å². The predicted octanol–water partition coefficient (Wildman–Crippen LogP) is 4.04. The van der Waals surface area contributed by atoms with Crippen molar-refractivity contribution in [2.45, 2.75) is 15.2 Å². The van der Waals surface area contributed by atoms with Crippen molar-refractivity contribution < 1.29 is 18.7 Å². The Hall–Kier alpha value is -2.08. The number of carboxylic acids is 1. The second-order valence-electron chi connectivity index (χ2n) is 4.38. The Kier molecular flexibility index (Phi) is 5.18. The summed E-state index contributed by atoms with van der Waals surface area (Å²) in [6.45, 7) is 0. The van der Waals surface area contributed by atoms with E-state index in [9.17, 15) is 18.4 Å². The zero-order valence-corrected chi connectivity index (χ0v) is 13.8. The lowest BCUT2D eigenvalue weighted by Gasteiger charge is -2.13. The van der Waals surface area contributed by atoms with Gasteiger partial charge in [0.25, 0.3) is 5.56 Å². The highest BCUT2D eigenvalue weighted by Crippen LogP contribution is 2.39. The Morgan fingerprint density at radius 2 is 2.08 bits per heavy atom. The van der Waals surface area contributed by atoms with Crippen LogP contribution >= 0.6 is 35.0 Å². The van der Waals surface area contributed by atoms with Gasteiger partial charge in [0, 0.05) is 9.79 Å². The molecule has 0 amide bonds. The molecule has 0 atom stereocenters. The number of hydrogen-bond donors (Lipinski definition) is 2. The first-order chi connectivity index (χ1) is 11.1. The SMILES string of the molecule is N#Cc1cccc(Cl)c1Sc1cc(C(F)(F)Cl)[nH]c(=O)c1C(=O)O. The number of carboxylic acid groups (broad SMARTS) is 1. The number of H-pyrrole nitrogens is 1. The molecule has 0 spiro atoms. The summed E-state index contributed by atoms with van der Waals surface area (Å²) in [6, 6.07) is 6.95. The van der Waals surface area contributed by atoms with Crippen LogP contribution in [0.3, 0.4) is 0 Å². The highest BCUT2D eigenvalue weighted by atomic mass is 35.5. The fourth-order valence-electron chi connectivity index (χ4n) is 1.78. The molecule has 124 valence electrons. The maximum atomic E-state index is 13.3. The van der Waals surface area contributed by atoms with Crippen LogP contribution in [0.15, 0.2) is 38.9 Å². The summed E-state index contributed by atoms with van der Waals surface area (Å²) in [5.41, 5.74) is -2.86. The number of carbonyl (C=O) groups is 1. The van der Waals surface area contributed by atoms with Gasteiger partial charge in [-0.05, 0) is 29.8 Å². The molecule has 2 aromatic rings. The number of alkyl halides is 3. The van der Waals surface area contributed by atoms with Gasteiger partial charge in [-0.3, -0.25) is 4.79 Å². The topological polar surface area (TPSA) is 94.0 Å². The van der Waals surface area contributed by atoms with Crippen LogP contribution in [0, 0.1) is 11.3 Å². The Labute approximate surface area is 147 Å². The van der Waals surface area contributed by atoms with Crippen molar-refractivity contribution in [1.82, 2.24) is 4.98 Å². The van der Waals surface area contributed by atoms with Gasteiger partial charge >= 0.3 is 11.4 Å². The molecule has 0 unspecified atom stereocenters. The molecular weight excluding hydrogens is 385 g/mol. The summed E-state index contributed by atoms with van der Waals surface area (Å²) >= 11 is 11.5. The highest BCUT2D eigenvalue weighted by Gasteiger charge is 2.32. The second-order valence-corrected chi connectivity index (χ2v) is 6.32. The number of aromatic nitrogens is 1. The highest BCUT2D eigenvalue weighted by molar-refractivity contribution is 7.99. The fourth-order valence-corrected chi connectivity index (χ4v) is 3.24. The molecule has 0 radical (unpaired) electrons. The monoisotopic (exact) mass is 390 g/mol. The molecule has 0 bridgehead atoms. The smallest absolute Gasteiger partial charge is 0.362 e. The third kappa shape index (κ3) is 3.70. The van der Waals surface area contributed by atoms with Gasteiger partial charge in [0.15, 0.2) is 0 Å². The lowest BCUT2D eigenvalue weighted by atomic mass is 10.2. The number of aromatic amines is 1. The lowest BCUT2D eigenvalue weighted by molar-refractivity contribution is 0.0686. The number of benzene rings is 1. The average molecular weight is 391 g/mol. The van der Waals surface area contributed by atoms with Crippen LogP contribution in [0.1, 0.15) is 21.6 Å². The van der Waals surface area contributed by atoms with Gasteiger partial charge < -0.3 is 10.1 Å². The van der Waals surface area contributed by atoms with Crippen molar-refractivity contribution in [3.8, 4) is 6.07 Å². The van der Waals surface area contributed by atoms with Crippen molar-refractivity contribution in [2.24, 2.45) is 0 Å². The second kappa shape index (κ2) is 6.81. The van der Waals surface area contributed by atoms with Gasteiger partial charge in [-0.1, -0.05) is 29.4 Å². The fraction of sp³-hybridized carbons (Fsp3) is 0.0714. The lowest BCUT2D eigenvalue weighted by Crippen LogP contribution is -2.23. The summed E-state index contributed by atoms with van der Waals surface area (Å²) in [7, 11) is 0. The van der Waals surface area contributed by atoms with E-state index in [0.29, 0.717) is 11.8 Å². The van der Waals surface area contributed by atoms with E-state index in [-0.39, 0.29) is 20.4 Å². The Morgan fingerprint density at radius 3 is 2.62 bits per heavy atom. The molecule has 24 heavy (non-hydrogen) atoms. The Morgan fingerprint density at radius 1 is 1.42 bits per heavy atom. The maximum absolute atomic E-state index is 13.3. The van der Waals surface area contributed by atoms with Crippen LogP contribution < -0.4 is 5.56 Å². The van der Waals surface area contributed by atoms with Crippen LogP contribution in [-0.2, 0) is 5.38 Å². The largest absolute Gasteiger partial charge is 0.477 e. The van der Waals surface area contributed by atoms with Crippen molar-refractivity contribution in [1.29, 1.82) is 5.26 Å². The molecule has 2 N–H and O–H groups in total. The zero-order chi connectivity index (χ0) is 18.1. The number of aromatic carboxylic acids is 1. The number of nitrogens with one attached hydrogen (secondary N) is 1. The van der Waals surface area contributed by atoms with Gasteiger partial charge in [-0.25, -0.2) is 4.79 Å². The van der Waals surface area contributed by atoms with Crippen LogP contribution in [0.25, 0.3) is 0 Å². The first-order valence-corrected chi connectivity index (χ1v) is 7.66. The molecule has 1 aromatic heterocycles. The average Bonchev–Trinajstić information content (AvgIpc) is 2.47. The van der Waals surface area contributed by atoms with Crippen LogP contribution in [0.5, 0.6) is 0 Å². The van der Waals surface area contributed by atoms with Gasteiger partial charge in [-0.15, -0.1) is 0 Å². The molecule has 0 aliphatic rings. The first kappa shape index (κ1) is 18.3. The van der Waals surface area contributed by atoms with E-state index in [0.717, 1.165) is 6.07 Å². The standard InChI is InChI=1S/C14H6Cl2F2N2O3S/c15-7-3-1-2-6(5-19)11(7)24-8-4-9(14(16,17)18)20-12(21)10(8)13(22)23/h1-4H,(H,20,21)(H,22,23). The van der Waals surface area contributed by atoms with Crippen molar-refractivity contribution in [2.75, 3.05) is 0 Å². The Bertz CT molecular complexity index is 920. The van der Waals surface area contributed by atoms with Crippen molar-refractivity contribution in [3.05, 3.63) is 56.5 Å². The van der Waals surface area contributed by atoms with E-state index in [2.05, 4.69) is 0 Å². The maximum Gasteiger partial charge on any atom is 0.362 e. The van der Waals surface area contributed by atoms with Crippen LogP contribution in [0.4, 0.5) is 8.78 Å². The molecular formula is C14H6Cl2F2N2O3S. The van der Waals surface area contributed by atoms with Gasteiger partial charge in [-0.2, -0.15) is 14.0 Å². The van der Waals surface area contributed by atoms with Crippen molar-refractivity contribution >= 4 is 40.9 Å². The minimum absolute atomic E-state index is 0.100. The van der Waals surface area contributed by atoms with Gasteiger partial charge in [0.05, 0.1) is 10.6 Å². The van der Waals surface area contributed by atoms with E-state index < -0.39 is 28.2 Å². The van der Waals surface area contributed by atoms with E-state index in [1.54, 1.807) is 4.98 Å².